The Balaban J connectivity index is 1.93. The zero-order valence-corrected chi connectivity index (χ0v) is 15.8. The first-order valence-electron chi connectivity index (χ1n) is 8.96. The number of hydrogen-bond acceptors (Lipinski definition) is 4. The molecule has 140 valence electrons. The number of hydrogen-bond donors (Lipinski definition) is 0. The van der Waals surface area contributed by atoms with Crippen LogP contribution in [0.15, 0.2) is 60.7 Å². The van der Waals surface area contributed by atoms with Crippen molar-refractivity contribution in [1.29, 1.82) is 0 Å². The Morgan fingerprint density at radius 2 is 1.42 bits per heavy atom. The van der Waals surface area contributed by atoms with Gasteiger partial charge >= 0.3 is 5.97 Å². The number of rotatable bonds is 10. The van der Waals surface area contributed by atoms with Gasteiger partial charge < -0.3 is 14.2 Å². The van der Waals surface area contributed by atoms with E-state index < -0.39 is 0 Å². The molecule has 2 rings (SSSR count). The van der Waals surface area contributed by atoms with Gasteiger partial charge in [-0.2, -0.15) is 0 Å². The molecule has 4 heteroatoms. The average molecular weight is 356 g/mol. The standard InChI is InChI=1S/C22H28O4/c1-17(14-25-15-19-10-6-4-7-11-19)21(18(2)22(23)24-3)26-16-20-12-8-5-9-13-20/h4-13,17-18,21H,14-16H2,1-3H3/t17-,18-,21-/m1/s1. The molecule has 0 fully saturated rings. The minimum absolute atomic E-state index is 0.0523. The molecule has 4 nitrogen and oxygen atoms in total. The predicted octanol–water partition coefficient (Wildman–Crippen LogP) is 4.23. The summed E-state index contributed by atoms with van der Waals surface area (Å²) in [6.45, 7) is 5.39. The van der Waals surface area contributed by atoms with Crippen LogP contribution in [0.25, 0.3) is 0 Å². The number of carbonyl (C=O) groups is 1. The van der Waals surface area contributed by atoms with Crippen LogP contribution < -0.4 is 0 Å². The Morgan fingerprint density at radius 1 is 0.885 bits per heavy atom. The summed E-state index contributed by atoms with van der Waals surface area (Å²) in [5.74, 6) is -0.575. The highest BCUT2D eigenvalue weighted by Crippen LogP contribution is 2.21. The van der Waals surface area contributed by atoms with Crippen LogP contribution in [0.2, 0.25) is 0 Å². The first-order valence-corrected chi connectivity index (χ1v) is 8.96. The van der Waals surface area contributed by atoms with Gasteiger partial charge in [0.25, 0.3) is 0 Å². The van der Waals surface area contributed by atoms with Crippen LogP contribution in [0.4, 0.5) is 0 Å². The van der Waals surface area contributed by atoms with Gasteiger partial charge in [0, 0.05) is 5.92 Å². The number of carbonyl (C=O) groups excluding carboxylic acids is 1. The predicted molar refractivity (Wildman–Crippen MR) is 101 cm³/mol. The summed E-state index contributed by atoms with van der Waals surface area (Å²) in [5, 5.41) is 0. The third-order valence-electron chi connectivity index (χ3n) is 4.40. The van der Waals surface area contributed by atoms with Gasteiger partial charge in [0.15, 0.2) is 0 Å². The highest BCUT2D eigenvalue weighted by Gasteiger charge is 2.30. The molecule has 0 aromatic heterocycles. The van der Waals surface area contributed by atoms with Crippen molar-refractivity contribution in [2.24, 2.45) is 11.8 Å². The van der Waals surface area contributed by atoms with E-state index in [-0.39, 0.29) is 23.9 Å². The Labute approximate surface area is 156 Å². The molecule has 0 unspecified atom stereocenters. The Kier molecular flexibility index (Phi) is 8.32. The Bertz CT molecular complexity index is 642. The van der Waals surface area contributed by atoms with Crippen molar-refractivity contribution in [2.45, 2.75) is 33.2 Å². The second-order valence-corrected chi connectivity index (χ2v) is 6.55. The third kappa shape index (κ3) is 6.28. The van der Waals surface area contributed by atoms with Crippen LogP contribution in [-0.2, 0) is 32.2 Å². The van der Waals surface area contributed by atoms with Crippen LogP contribution >= 0.6 is 0 Å². The van der Waals surface area contributed by atoms with E-state index in [9.17, 15) is 4.79 Å². The first-order chi connectivity index (χ1) is 12.6. The van der Waals surface area contributed by atoms with E-state index in [1.165, 1.54) is 7.11 Å². The molecule has 0 saturated carbocycles. The first kappa shape index (κ1) is 20.1. The molecule has 3 atom stereocenters. The molecule has 2 aromatic rings. The van der Waals surface area contributed by atoms with E-state index in [0.717, 1.165) is 11.1 Å². The van der Waals surface area contributed by atoms with Gasteiger partial charge in [-0.05, 0) is 18.1 Å². The smallest absolute Gasteiger partial charge is 0.311 e. The van der Waals surface area contributed by atoms with Crippen molar-refractivity contribution in [3.63, 3.8) is 0 Å². The Morgan fingerprint density at radius 3 is 1.96 bits per heavy atom. The van der Waals surface area contributed by atoms with Crippen molar-refractivity contribution in [1.82, 2.24) is 0 Å². The lowest BCUT2D eigenvalue weighted by Gasteiger charge is -2.28. The maximum absolute atomic E-state index is 12.0. The van der Waals surface area contributed by atoms with Crippen molar-refractivity contribution in [3.8, 4) is 0 Å². The molecule has 0 N–H and O–H groups in total. The topological polar surface area (TPSA) is 44.8 Å². The summed E-state index contributed by atoms with van der Waals surface area (Å²) >= 11 is 0. The molecule has 0 bridgehead atoms. The van der Waals surface area contributed by atoms with E-state index in [4.69, 9.17) is 14.2 Å². The van der Waals surface area contributed by atoms with Crippen LogP contribution in [-0.4, -0.2) is 25.8 Å². The maximum atomic E-state index is 12.0. The van der Waals surface area contributed by atoms with E-state index >= 15 is 0 Å². The third-order valence-corrected chi connectivity index (χ3v) is 4.40. The highest BCUT2D eigenvalue weighted by atomic mass is 16.5. The molecule has 0 heterocycles. The van der Waals surface area contributed by atoms with Gasteiger partial charge in [0.1, 0.15) is 0 Å². The monoisotopic (exact) mass is 356 g/mol. The minimum Gasteiger partial charge on any atom is -0.469 e. The summed E-state index contributed by atoms with van der Waals surface area (Å²) in [6.07, 6.45) is -0.279. The van der Waals surface area contributed by atoms with Gasteiger partial charge in [0.05, 0.1) is 39.0 Å². The number of ether oxygens (including phenoxy) is 3. The maximum Gasteiger partial charge on any atom is 0.311 e. The van der Waals surface area contributed by atoms with Crippen molar-refractivity contribution >= 4 is 5.97 Å². The molecule has 0 aliphatic heterocycles. The number of esters is 1. The minimum atomic E-state index is -0.362. The fraction of sp³-hybridized carbons (Fsp3) is 0.409. The van der Waals surface area contributed by atoms with Crippen molar-refractivity contribution < 1.29 is 19.0 Å². The van der Waals surface area contributed by atoms with Gasteiger partial charge in [-0.15, -0.1) is 0 Å². The summed E-state index contributed by atoms with van der Waals surface area (Å²) in [7, 11) is 1.41. The molecule has 0 amide bonds. The largest absolute Gasteiger partial charge is 0.469 e. The Hall–Kier alpha value is -2.17. The van der Waals surface area contributed by atoms with Crippen LogP contribution in [0.1, 0.15) is 25.0 Å². The number of methoxy groups -OCH3 is 1. The van der Waals surface area contributed by atoms with Gasteiger partial charge in [-0.1, -0.05) is 67.6 Å². The molecule has 0 spiro atoms. The molecule has 0 radical (unpaired) electrons. The van der Waals surface area contributed by atoms with Gasteiger partial charge in [-0.3, -0.25) is 4.79 Å². The second kappa shape index (κ2) is 10.7. The van der Waals surface area contributed by atoms with Crippen LogP contribution in [0.3, 0.4) is 0 Å². The summed E-state index contributed by atoms with van der Waals surface area (Å²) in [4.78, 5) is 12.0. The summed E-state index contributed by atoms with van der Waals surface area (Å²) < 4.78 is 16.9. The summed E-state index contributed by atoms with van der Waals surface area (Å²) in [5.41, 5.74) is 2.20. The lowest BCUT2D eigenvalue weighted by molar-refractivity contribution is -0.154. The van der Waals surface area contributed by atoms with Crippen molar-refractivity contribution in [3.05, 3.63) is 71.8 Å². The fourth-order valence-corrected chi connectivity index (χ4v) is 2.92. The zero-order valence-electron chi connectivity index (χ0n) is 15.8. The SMILES string of the molecule is COC(=O)[C@H](C)[C@H](OCc1ccccc1)[C@H](C)COCc1ccccc1. The second-order valence-electron chi connectivity index (χ2n) is 6.55. The normalized spacial score (nSPS) is 14.4. The molecule has 0 saturated heterocycles. The van der Waals surface area contributed by atoms with Crippen LogP contribution in [0.5, 0.6) is 0 Å². The quantitative estimate of drug-likeness (QED) is 0.598. The lowest BCUT2D eigenvalue weighted by atomic mass is 9.93. The van der Waals surface area contributed by atoms with Crippen molar-refractivity contribution in [2.75, 3.05) is 13.7 Å². The average Bonchev–Trinajstić information content (AvgIpc) is 2.69. The van der Waals surface area contributed by atoms with E-state index in [0.29, 0.717) is 19.8 Å². The van der Waals surface area contributed by atoms with E-state index in [1.807, 2.05) is 74.5 Å². The lowest BCUT2D eigenvalue weighted by Crippen LogP contribution is -2.36. The van der Waals surface area contributed by atoms with Gasteiger partial charge in [0.2, 0.25) is 0 Å². The fourth-order valence-electron chi connectivity index (χ4n) is 2.92. The van der Waals surface area contributed by atoms with E-state index in [1.54, 1.807) is 0 Å². The van der Waals surface area contributed by atoms with Gasteiger partial charge in [-0.25, -0.2) is 0 Å². The molecule has 26 heavy (non-hydrogen) atoms. The molecule has 2 aromatic carbocycles. The number of benzene rings is 2. The van der Waals surface area contributed by atoms with Crippen LogP contribution in [0, 0.1) is 11.8 Å². The molecular formula is C22H28O4. The van der Waals surface area contributed by atoms with E-state index in [2.05, 4.69) is 0 Å². The molecule has 0 aliphatic carbocycles. The highest BCUT2D eigenvalue weighted by molar-refractivity contribution is 5.72. The summed E-state index contributed by atoms with van der Waals surface area (Å²) in [6, 6.07) is 20.0. The molecular weight excluding hydrogens is 328 g/mol. The zero-order chi connectivity index (χ0) is 18.8. The molecule has 0 aliphatic rings.